The summed E-state index contributed by atoms with van der Waals surface area (Å²) in [6.07, 6.45) is 0.134. The lowest BCUT2D eigenvalue weighted by molar-refractivity contribution is -0.152. The Kier molecular flexibility index (Phi) is 5.63. The van der Waals surface area contributed by atoms with E-state index < -0.39 is 27.7 Å². The van der Waals surface area contributed by atoms with Crippen molar-refractivity contribution in [3.05, 3.63) is 33.7 Å². The molecule has 2 N–H and O–H groups in total. The van der Waals surface area contributed by atoms with Crippen LogP contribution in [0.25, 0.3) is 0 Å². The lowest BCUT2D eigenvalue weighted by Gasteiger charge is -2.54. The minimum atomic E-state index is -1.36. The van der Waals surface area contributed by atoms with Crippen molar-refractivity contribution < 1.29 is 29.0 Å². The number of carbonyl (C=O) groups excluding carboxylic acids is 3. The topological polar surface area (TPSA) is 113 Å². The molecule has 0 spiro atoms. The van der Waals surface area contributed by atoms with E-state index in [9.17, 15) is 24.3 Å². The first-order valence-electron chi connectivity index (χ1n) is 7.80. The van der Waals surface area contributed by atoms with Crippen LogP contribution in [0.3, 0.4) is 0 Å². The second-order valence-corrected chi connectivity index (χ2v) is 9.24. The fraction of sp³-hybridized carbons (Fsp3) is 0.375. The third-order valence-electron chi connectivity index (χ3n) is 3.98. The first kappa shape index (κ1) is 19.9. The Hall–Kier alpha value is -1.85. The molecule has 1 fully saturated rings. The fourth-order valence-corrected chi connectivity index (χ4v) is 5.85. The first-order valence-corrected chi connectivity index (χ1v) is 10.5. The number of hydrogen-bond donors (Lipinski definition) is 2. The normalized spacial score (nSPS) is 24.1. The number of thioether (sulfide) groups is 1. The number of hydrogen-bond acceptors (Lipinski definition) is 7. The summed E-state index contributed by atoms with van der Waals surface area (Å²) in [6.45, 7) is 1.03. The van der Waals surface area contributed by atoms with E-state index in [4.69, 9.17) is 4.74 Å². The standard InChI is InChI=1S/C16H15BrN2O6S2/c1-8(20)25-6-9-7-27-15-16(17,14(24)19(15)12(9)13(22)23)18-11(21)5-10-3-2-4-26-10/h2-4,15H,5-7H2,1H3,(H,18,21)(H,22,23)/t15-,16?/m1/s1. The highest BCUT2D eigenvalue weighted by Crippen LogP contribution is 2.49. The summed E-state index contributed by atoms with van der Waals surface area (Å²) in [4.78, 5) is 49.7. The Bertz CT molecular complexity index is 840. The average molecular weight is 475 g/mol. The van der Waals surface area contributed by atoms with Crippen LogP contribution in [0.4, 0.5) is 0 Å². The number of halogens is 1. The number of carboxylic acids is 1. The zero-order valence-electron chi connectivity index (χ0n) is 14.1. The number of carbonyl (C=O) groups is 4. The van der Waals surface area contributed by atoms with E-state index in [-0.39, 0.29) is 30.4 Å². The maximum absolute atomic E-state index is 12.7. The molecule has 27 heavy (non-hydrogen) atoms. The van der Waals surface area contributed by atoms with Crippen molar-refractivity contribution in [2.24, 2.45) is 0 Å². The van der Waals surface area contributed by atoms with Crippen molar-refractivity contribution in [2.75, 3.05) is 12.4 Å². The molecule has 0 bridgehead atoms. The minimum absolute atomic E-state index is 0.134. The molecule has 2 amide bonds. The Morgan fingerprint density at radius 2 is 2.22 bits per heavy atom. The largest absolute Gasteiger partial charge is 0.477 e. The quantitative estimate of drug-likeness (QED) is 0.276. The molecule has 1 saturated heterocycles. The van der Waals surface area contributed by atoms with E-state index in [1.807, 2.05) is 17.5 Å². The van der Waals surface area contributed by atoms with Gasteiger partial charge in [-0.2, -0.15) is 0 Å². The van der Waals surface area contributed by atoms with Gasteiger partial charge in [0.2, 0.25) is 10.4 Å². The van der Waals surface area contributed by atoms with Gasteiger partial charge < -0.3 is 15.2 Å². The number of alkyl halides is 1. The Morgan fingerprint density at radius 3 is 2.81 bits per heavy atom. The summed E-state index contributed by atoms with van der Waals surface area (Å²) >= 11 is 6.02. The molecule has 0 aromatic carbocycles. The van der Waals surface area contributed by atoms with Gasteiger partial charge in [-0.05, 0) is 27.4 Å². The number of β-lactam (4-membered cyclic amide) rings is 1. The van der Waals surface area contributed by atoms with Crippen molar-refractivity contribution in [1.82, 2.24) is 10.2 Å². The Morgan fingerprint density at radius 1 is 1.48 bits per heavy atom. The summed E-state index contributed by atoms with van der Waals surface area (Å²) in [7, 11) is 0. The molecule has 2 atom stereocenters. The third-order valence-corrected chi connectivity index (χ3v) is 7.53. The highest BCUT2D eigenvalue weighted by molar-refractivity contribution is 9.10. The van der Waals surface area contributed by atoms with Gasteiger partial charge in [0.25, 0.3) is 5.91 Å². The van der Waals surface area contributed by atoms with Gasteiger partial charge in [-0.15, -0.1) is 23.1 Å². The minimum Gasteiger partial charge on any atom is -0.477 e. The lowest BCUT2D eigenvalue weighted by atomic mass is 10.0. The van der Waals surface area contributed by atoms with Crippen LogP contribution in [0.5, 0.6) is 0 Å². The molecule has 3 heterocycles. The lowest BCUT2D eigenvalue weighted by Crippen LogP contribution is -2.77. The third kappa shape index (κ3) is 3.76. The van der Waals surface area contributed by atoms with Crippen LogP contribution in [-0.4, -0.2) is 55.9 Å². The Labute approximate surface area is 171 Å². The summed E-state index contributed by atoms with van der Waals surface area (Å²) in [5.74, 6) is -2.47. The number of fused-ring (bicyclic) bond motifs is 1. The van der Waals surface area contributed by atoms with Crippen LogP contribution in [0.1, 0.15) is 11.8 Å². The van der Waals surface area contributed by atoms with Gasteiger partial charge in [0.1, 0.15) is 17.7 Å². The van der Waals surface area contributed by atoms with Gasteiger partial charge in [0.05, 0.1) is 6.42 Å². The predicted octanol–water partition coefficient (Wildman–Crippen LogP) is 1.31. The van der Waals surface area contributed by atoms with Crippen LogP contribution in [0.15, 0.2) is 28.8 Å². The number of nitrogens with one attached hydrogen (secondary N) is 1. The van der Waals surface area contributed by atoms with Crippen LogP contribution >= 0.6 is 39.0 Å². The van der Waals surface area contributed by atoms with Crippen molar-refractivity contribution in [1.29, 1.82) is 0 Å². The molecule has 1 unspecified atom stereocenters. The molecule has 144 valence electrons. The highest BCUT2D eigenvalue weighted by atomic mass is 79.9. The second kappa shape index (κ2) is 7.64. The Balaban J connectivity index is 1.76. The second-order valence-electron chi connectivity index (χ2n) is 5.89. The van der Waals surface area contributed by atoms with E-state index in [0.29, 0.717) is 5.57 Å². The summed E-state index contributed by atoms with van der Waals surface area (Å²) in [6, 6.07) is 3.65. The zero-order chi connectivity index (χ0) is 19.8. The van der Waals surface area contributed by atoms with Crippen molar-refractivity contribution in [3.63, 3.8) is 0 Å². The maximum atomic E-state index is 12.7. The SMILES string of the molecule is CC(=O)OCC1=C(C(=O)O)N2C(=O)C(Br)(NC(=O)Cc3cccs3)[C@H]2SC1. The van der Waals surface area contributed by atoms with Crippen molar-refractivity contribution in [3.8, 4) is 0 Å². The van der Waals surface area contributed by atoms with Crippen molar-refractivity contribution >= 4 is 62.8 Å². The summed E-state index contributed by atoms with van der Waals surface area (Å²) < 4.78 is 3.53. The number of ether oxygens (including phenoxy) is 1. The monoisotopic (exact) mass is 474 g/mol. The van der Waals surface area contributed by atoms with E-state index in [0.717, 1.165) is 9.78 Å². The van der Waals surface area contributed by atoms with Crippen LogP contribution in [-0.2, 0) is 30.3 Å². The number of rotatable bonds is 6. The molecule has 1 aromatic rings. The van der Waals surface area contributed by atoms with Gasteiger partial charge in [-0.1, -0.05) is 6.07 Å². The van der Waals surface area contributed by atoms with Crippen LogP contribution < -0.4 is 5.32 Å². The molecule has 0 aliphatic carbocycles. The summed E-state index contributed by atoms with van der Waals surface area (Å²) in [5.41, 5.74) is 0.138. The van der Waals surface area contributed by atoms with E-state index in [2.05, 4.69) is 21.2 Å². The number of aliphatic carboxylic acids is 1. The van der Waals surface area contributed by atoms with E-state index in [1.165, 1.54) is 30.0 Å². The zero-order valence-corrected chi connectivity index (χ0v) is 17.3. The molecule has 2 aliphatic rings. The fourth-order valence-electron chi connectivity index (χ4n) is 2.81. The van der Waals surface area contributed by atoms with Gasteiger partial charge in [-0.3, -0.25) is 19.3 Å². The van der Waals surface area contributed by atoms with Gasteiger partial charge in [0, 0.05) is 23.1 Å². The maximum Gasteiger partial charge on any atom is 0.352 e. The number of carboxylic acid groups (broad SMARTS) is 1. The molecule has 0 saturated carbocycles. The number of thiophene rings is 1. The van der Waals surface area contributed by atoms with E-state index >= 15 is 0 Å². The van der Waals surface area contributed by atoms with Crippen LogP contribution in [0.2, 0.25) is 0 Å². The molecular weight excluding hydrogens is 460 g/mol. The average Bonchev–Trinajstić information content (AvgIpc) is 3.11. The molecule has 3 rings (SSSR count). The smallest absolute Gasteiger partial charge is 0.352 e. The highest BCUT2D eigenvalue weighted by Gasteiger charge is 2.64. The number of amides is 2. The number of esters is 1. The first-order chi connectivity index (χ1) is 12.7. The molecule has 8 nitrogen and oxygen atoms in total. The van der Waals surface area contributed by atoms with Crippen molar-refractivity contribution in [2.45, 2.75) is 23.2 Å². The molecule has 0 radical (unpaired) electrons. The number of nitrogens with zero attached hydrogens (tertiary/aromatic N) is 1. The molecule has 2 aliphatic heterocycles. The predicted molar refractivity (Wildman–Crippen MR) is 102 cm³/mol. The summed E-state index contributed by atoms with van der Waals surface area (Å²) in [5, 5.41) is 13.5. The molecule has 1 aromatic heterocycles. The van der Waals surface area contributed by atoms with E-state index in [1.54, 1.807) is 0 Å². The molecular formula is C16H15BrN2O6S2. The van der Waals surface area contributed by atoms with Crippen LogP contribution in [0, 0.1) is 0 Å². The molecule has 11 heteroatoms. The van der Waals surface area contributed by atoms with Gasteiger partial charge in [-0.25, -0.2) is 4.79 Å². The van der Waals surface area contributed by atoms with Gasteiger partial charge >= 0.3 is 11.9 Å². The van der Waals surface area contributed by atoms with Gasteiger partial charge in [0.15, 0.2) is 0 Å².